The summed E-state index contributed by atoms with van der Waals surface area (Å²) >= 11 is 0. The van der Waals surface area contributed by atoms with E-state index in [0.29, 0.717) is 5.41 Å². The Labute approximate surface area is 123 Å². The van der Waals surface area contributed by atoms with Crippen LogP contribution in [0.5, 0.6) is 0 Å². The summed E-state index contributed by atoms with van der Waals surface area (Å²) < 4.78 is 5.55. The molecule has 0 bridgehead atoms. The second kappa shape index (κ2) is 6.59. The second-order valence-electron chi connectivity index (χ2n) is 6.29. The third-order valence-electron chi connectivity index (χ3n) is 4.44. The number of ether oxygens (including phenoxy) is 1. The molecule has 0 unspecified atom stereocenters. The lowest BCUT2D eigenvalue weighted by molar-refractivity contribution is 0.0197. The molecule has 112 valence electrons. The lowest BCUT2D eigenvalue weighted by Crippen LogP contribution is -2.46. The van der Waals surface area contributed by atoms with Crippen molar-refractivity contribution in [1.82, 2.24) is 5.32 Å². The Balaban J connectivity index is 2.13. The summed E-state index contributed by atoms with van der Waals surface area (Å²) in [5, 5.41) is 3.38. The molecule has 0 spiro atoms. The Bertz CT molecular complexity index is 433. The number of rotatable bonds is 5. The lowest BCUT2D eigenvalue weighted by atomic mass is 9.79. The van der Waals surface area contributed by atoms with Crippen molar-refractivity contribution in [2.75, 3.05) is 45.3 Å². The minimum absolute atomic E-state index is 0.332. The van der Waals surface area contributed by atoms with Gasteiger partial charge in [-0.1, -0.05) is 17.7 Å². The molecule has 2 rings (SSSR count). The fraction of sp³-hybridized carbons (Fsp3) is 0.647. The Morgan fingerprint density at radius 3 is 2.55 bits per heavy atom. The summed E-state index contributed by atoms with van der Waals surface area (Å²) in [5.41, 5.74) is 4.37. The van der Waals surface area contributed by atoms with Gasteiger partial charge < -0.3 is 15.0 Å². The van der Waals surface area contributed by atoms with E-state index in [1.807, 2.05) is 7.05 Å². The van der Waals surface area contributed by atoms with Gasteiger partial charge in [0.25, 0.3) is 0 Å². The fourth-order valence-electron chi connectivity index (χ4n) is 3.39. The maximum Gasteiger partial charge on any atom is 0.0472 e. The van der Waals surface area contributed by atoms with Gasteiger partial charge in [-0.3, -0.25) is 0 Å². The molecule has 1 N–H and O–H groups in total. The molecule has 1 fully saturated rings. The summed E-state index contributed by atoms with van der Waals surface area (Å²) in [5.74, 6) is 0. The van der Waals surface area contributed by atoms with Gasteiger partial charge in [-0.2, -0.15) is 0 Å². The molecule has 0 aromatic heterocycles. The largest absolute Gasteiger partial charge is 0.381 e. The van der Waals surface area contributed by atoms with Crippen molar-refractivity contribution in [2.45, 2.75) is 26.7 Å². The Kier molecular flexibility index (Phi) is 5.06. The molecule has 20 heavy (non-hydrogen) atoms. The smallest absolute Gasteiger partial charge is 0.0472 e. The van der Waals surface area contributed by atoms with Crippen LogP contribution in [0, 0.1) is 19.3 Å². The zero-order valence-electron chi connectivity index (χ0n) is 13.3. The molecule has 3 heteroatoms. The Hall–Kier alpha value is -1.06. The first-order valence-electron chi connectivity index (χ1n) is 7.57. The van der Waals surface area contributed by atoms with Crippen molar-refractivity contribution in [1.29, 1.82) is 0 Å². The minimum Gasteiger partial charge on any atom is -0.381 e. The van der Waals surface area contributed by atoms with Crippen LogP contribution < -0.4 is 10.2 Å². The summed E-state index contributed by atoms with van der Waals surface area (Å²) in [6.45, 7) is 8.28. The van der Waals surface area contributed by atoms with E-state index in [0.717, 1.165) is 39.1 Å². The van der Waals surface area contributed by atoms with Gasteiger partial charge in [-0.25, -0.2) is 0 Å². The number of aryl methyl sites for hydroxylation is 2. The maximum atomic E-state index is 5.55. The predicted molar refractivity (Wildman–Crippen MR) is 85.6 cm³/mol. The van der Waals surface area contributed by atoms with E-state index < -0.39 is 0 Å². The average molecular weight is 276 g/mol. The predicted octanol–water partition coefficient (Wildman–Crippen LogP) is 2.76. The molecule has 1 saturated heterocycles. The van der Waals surface area contributed by atoms with Crippen LogP contribution in [0.2, 0.25) is 0 Å². The normalized spacial score (nSPS) is 18.0. The van der Waals surface area contributed by atoms with Gasteiger partial charge in [0.05, 0.1) is 0 Å². The van der Waals surface area contributed by atoms with Crippen molar-refractivity contribution in [3.05, 3.63) is 29.3 Å². The third-order valence-corrected chi connectivity index (χ3v) is 4.44. The molecule has 1 heterocycles. The summed E-state index contributed by atoms with van der Waals surface area (Å²) in [6, 6.07) is 6.71. The van der Waals surface area contributed by atoms with Gasteiger partial charge in [0.15, 0.2) is 0 Å². The van der Waals surface area contributed by atoms with Crippen LogP contribution in [0.3, 0.4) is 0 Å². The van der Waals surface area contributed by atoms with Crippen LogP contribution >= 0.6 is 0 Å². The second-order valence-corrected chi connectivity index (χ2v) is 6.29. The number of nitrogens with one attached hydrogen (secondary N) is 1. The lowest BCUT2D eigenvalue weighted by Gasteiger charge is -2.41. The first-order valence-corrected chi connectivity index (χ1v) is 7.57. The minimum atomic E-state index is 0.332. The van der Waals surface area contributed by atoms with Crippen LogP contribution in [0.4, 0.5) is 5.69 Å². The van der Waals surface area contributed by atoms with E-state index in [1.165, 1.54) is 16.8 Å². The number of hydrogen-bond acceptors (Lipinski definition) is 3. The van der Waals surface area contributed by atoms with E-state index >= 15 is 0 Å². The van der Waals surface area contributed by atoms with Gasteiger partial charge in [-0.05, 0) is 45.4 Å². The fourth-order valence-corrected chi connectivity index (χ4v) is 3.39. The van der Waals surface area contributed by atoms with E-state index in [1.54, 1.807) is 0 Å². The highest BCUT2D eigenvalue weighted by Gasteiger charge is 2.33. The number of nitrogens with zero attached hydrogens (tertiary/aromatic N) is 1. The average Bonchev–Trinajstić information content (AvgIpc) is 2.39. The number of hydrogen-bond donors (Lipinski definition) is 1. The SMILES string of the molecule is CNCC1(CN(C)c2ccc(C)cc2C)CCOCC1. The quantitative estimate of drug-likeness (QED) is 0.895. The van der Waals surface area contributed by atoms with Crippen LogP contribution in [0.25, 0.3) is 0 Å². The van der Waals surface area contributed by atoms with Gasteiger partial charge in [0.2, 0.25) is 0 Å². The standard InChI is InChI=1S/C17H28N2O/c1-14-5-6-16(15(2)11-14)19(4)13-17(12-18-3)7-9-20-10-8-17/h5-6,11,18H,7-10,12-13H2,1-4H3. The molecule has 1 aromatic carbocycles. The van der Waals surface area contributed by atoms with Gasteiger partial charge >= 0.3 is 0 Å². The van der Waals surface area contributed by atoms with Crippen molar-refractivity contribution in [3.63, 3.8) is 0 Å². The van der Waals surface area contributed by atoms with E-state index in [9.17, 15) is 0 Å². The number of anilines is 1. The molecule has 1 aliphatic rings. The maximum absolute atomic E-state index is 5.55. The van der Waals surface area contributed by atoms with Crippen LogP contribution in [-0.4, -0.2) is 40.4 Å². The Morgan fingerprint density at radius 2 is 1.95 bits per heavy atom. The van der Waals surface area contributed by atoms with E-state index in [2.05, 4.69) is 49.3 Å². The highest BCUT2D eigenvalue weighted by atomic mass is 16.5. The molecular formula is C17H28N2O. The third kappa shape index (κ3) is 3.53. The van der Waals surface area contributed by atoms with Gasteiger partial charge in [-0.15, -0.1) is 0 Å². The molecule has 0 aliphatic carbocycles. The number of benzene rings is 1. The molecule has 1 aromatic rings. The zero-order valence-corrected chi connectivity index (χ0v) is 13.3. The van der Waals surface area contributed by atoms with Crippen LogP contribution in [0.15, 0.2) is 18.2 Å². The Morgan fingerprint density at radius 1 is 1.25 bits per heavy atom. The van der Waals surface area contributed by atoms with E-state index in [4.69, 9.17) is 4.74 Å². The topological polar surface area (TPSA) is 24.5 Å². The van der Waals surface area contributed by atoms with Gasteiger partial charge in [0, 0.05) is 44.5 Å². The first-order chi connectivity index (χ1) is 9.56. The summed E-state index contributed by atoms with van der Waals surface area (Å²) in [7, 11) is 4.26. The van der Waals surface area contributed by atoms with E-state index in [-0.39, 0.29) is 0 Å². The first kappa shape index (κ1) is 15.3. The van der Waals surface area contributed by atoms with Gasteiger partial charge in [0.1, 0.15) is 0 Å². The molecule has 0 saturated carbocycles. The van der Waals surface area contributed by atoms with Crippen molar-refractivity contribution in [3.8, 4) is 0 Å². The van der Waals surface area contributed by atoms with Crippen molar-refractivity contribution in [2.24, 2.45) is 5.41 Å². The molecule has 0 atom stereocenters. The molecule has 1 aliphatic heterocycles. The monoisotopic (exact) mass is 276 g/mol. The summed E-state index contributed by atoms with van der Waals surface area (Å²) in [6.07, 6.45) is 2.28. The van der Waals surface area contributed by atoms with Crippen LogP contribution in [-0.2, 0) is 4.74 Å². The molecule has 3 nitrogen and oxygen atoms in total. The van der Waals surface area contributed by atoms with Crippen LogP contribution in [0.1, 0.15) is 24.0 Å². The van der Waals surface area contributed by atoms with Crippen molar-refractivity contribution < 1.29 is 4.74 Å². The highest BCUT2D eigenvalue weighted by Crippen LogP contribution is 2.33. The highest BCUT2D eigenvalue weighted by molar-refractivity contribution is 5.54. The molecule has 0 radical (unpaired) electrons. The van der Waals surface area contributed by atoms with Crippen molar-refractivity contribution >= 4 is 5.69 Å². The molecular weight excluding hydrogens is 248 g/mol. The summed E-state index contributed by atoms with van der Waals surface area (Å²) in [4.78, 5) is 2.41. The zero-order chi connectivity index (χ0) is 14.6. The molecule has 0 amide bonds.